The molecule has 0 fully saturated rings. The Kier molecular flexibility index (Phi) is 9.36. The molecule has 1 aromatic carbocycles. The molecule has 0 spiro atoms. The Labute approximate surface area is 131 Å². The highest BCUT2D eigenvalue weighted by molar-refractivity contribution is 5.25. The Balaban J connectivity index is 2.49. The maximum absolute atomic E-state index is 5.45. The molecule has 2 nitrogen and oxygen atoms in total. The van der Waals surface area contributed by atoms with Crippen LogP contribution in [0.2, 0.25) is 0 Å². The number of hydrogen-bond acceptors (Lipinski definition) is 2. The highest BCUT2D eigenvalue weighted by Crippen LogP contribution is 2.16. The van der Waals surface area contributed by atoms with Crippen molar-refractivity contribution in [3.63, 3.8) is 0 Å². The molecule has 1 N–H and O–H groups in total. The summed E-state index contributed by atoms with van der Waals surface area (Å²) in [4.78, 5) is 0. The third-order valence-electron chi connectivity index (χ3n) is 3.86. The van der Waals surface area contributed by atoms with Gasteiger partial charge in [0.1, 0.15) is 0 Å². The lowest BCUT2D eigenvalue weighted by Crippen LogP contribution is -2.32. The lowest BCUT2D eigenvalue weighted by molar-refractivity contribution is 0.140. The van der Waals surface area contributed by atoms with Crippen molar-refractivity contribution in [2.75, 3.05) is 19.8 Å². The van der Waals surface area contributed by atoms with Crippen LogP contribution >= 0.6 is 0 Å². The molecule has 1 atom stereocenters. The summed E-state index contributed by atoms with van der Waals surface area (Å²) >= 11 is 0. The van der Waals surface area contributed by atoms with E-state index in [0.29, 0.717) is 12.0 Å². The summed E-state index contributed by atoms with van der Waals surface area (Å²) in [5.74, 6) is 0.610. The lowest BCUT2D eigenvalue weighted by Gasteiger charge is -2.19. The molecule has 0 aliphatic rings. The van der Waals surface area contributed by atoms with Gasteiger partial charge in [0.15, 0.2) is 0 Å². The second-order valence-electron chi connectivity index (χ2n) is 6.09. The van der Waals surface area contributed by atoms with Crippen LogP contribution in [0.1, 0.15) is 64.0 Å². The first kappa shape index (κ1) is 18.2. The first-order valence-corrected chi connectivity index (χ1v) is 8.57. The maximum atomic E-state index is 5.45. The highest BCUT2D eigenvalue weighted by Gasteiger charge is 2.09. The Morgan fingerprint density at radius 2 is 1.81 bits per heavy atom. The third-order valence-corrected chi connectivity index (χ3v) is 3.86. The Hall–Kier alpha value is -0.860. The van der Waals surface area contributed by atoms with Crippen molar-refractivity contribution in [3.05, 3.63) is 35.4 Å². The molecule has 0 aliphatic heterocycles. The Bertz CT molecular complexity index is 358. The molecule has 1 unspecified atom stereocenters. The Morgan fingerprint density at radius 3 is 2.38 bits per heavy atom. The molecule has 120 valence electrons. The van der Waals surface area contributed by atoms with Gasteiger partial charge in [0.05, 0.1) is 0 Å². The van der Waals surface area contributed by atoms with Crippen molar-refractivity contribution in [2.45, 2.75) is 65.3 Å². The minimum atomic E-state index is 0.565. The van der Waals surface area contributed by atoms with Gasteiger partial charge >= 0.3 is 0 Å². The van der Waals surface area contributed by atoms with Gasteiger partial charge in [-0.2, -0.15) is 0 Å². The minimum absolute atomic E-state index is 0.565. The zero-order chi connectivity index (χ0) is 15.5. The van der Waals surface area contributed by atoms with E-state index in [0.717, 1.165) is 32.6 Å². The van der Waals surface area contributed by atoms with E-state index in [4.69, 9.17) is 4.74 Å². The average molecular weight is 291 g/mol. The van der Waals surface area contributed by atoms with Crippen LogP contribution in [0.15, 0.2) is 24.3 Å². The molecule has 0 aromatic heterocycles. The standard InChI is InChI=1S/C19H33NO/c1-5-13-20-19(8-7-14-21-6-2)15-17-9-11-18(12-10-17)16(3)4/h9-12,16,19-20H,5-8,13-15H2,1-4H3. The monoisotopic (exact) mass is 291 g/mol. The van der Waals surface area contributed by atoms with Gasteiger partial charge in [-0.3, -0.25) is 0 Å². The van der Waals surface area contributed by atoms with Crippen LogP contribution in [-0.2, 0) is 11.2 Å². The summed E-state index contributed by atoms with van der Waals surface area (Å²) in [5.41, 5.74) is 2.86. The van der Waals surface area contributed by atoms with Crippen LogP contribution < -0.4 is 5.32 Å². The normalized spacial score (nSPS) is 12.8. The number of ether oxygens (including phenoxy) is 1. The summed E-state index contributed by atoms with van der Waals surface area (Å²) in [5, 5.41) is 3.68. The summed E-state index contributed by atoms with van der Waals surface area (Å²) < 4.78 is 5.45. The van der Waals surface area contributed by atoms with Crippen LogP contribution in [0.25, 0.3) is 0 Å². The van der Waals surface area contributed by atoms with Gasteiger partial charge in [-0.25, -0.2) is 0 Å². The van der Waals surface area contributed by atoms with E-state index in [-0.39, 0.29) is 0 Å². The summed E-state index contributed by atoms with van der Waals surface area (Å²) in [6.07, 6.45) is 4.63. The largest absolute Gasteiger partial charge is 0.382 e. The zero-order valence-electron chi connectivity index (χ0n) is 14.3. The molecule has 1 rings (SSSR count). The molecule has 2 heteroatoms. The van der Waals surface area contributed by atoms with Crippen molar-refractivity contribution in [1.29, 1.82) is 0 Å². The van der Waals surface area contributed by atoms with E-state index >= 15 is 0 Å². The van der Waals surface area contributed by atoms with Crippen molar-refractivity contribution in [3.8, 4) is 0 Å². The van der Waals surface area contributed by atoms with Crippen LogP contribution in [0.3, 0.4) is 0 Å². The third kappa shape index (κ3) is 7.63. The van der Waals surface area contributed by atoms with Gasteiger partial charge in [0.25, 0.3) is 0 Å². The van der Waals surface area contributed by atoms with Crippen molar-refractivity contribution < 1.29 is 4.74 Å². The van der Waals surface area contributed by atoms with E-state index < -0.39 is 0 Å². The number of hydrogen-bond donors (Lipinski definition) is 1. The van der Waals surface area contributed by atoms with Gasteiger partial charge in [-0.05, 0) is 56.2 Å². The fourth-order valence-corrected chi connectivity index (χ4v) is 2.52. The van der Waals surface area contributed by atoms with Crippen LogP contribution in [0, 0.1) is 0 Å². The molecule has 0 saturated heterocycles. The van der Waals surface area contributed by atoms with E-state index in [2.05, 4.69) is 57.3 Å². The van der Waals surface area contributed by atoms with Gasteiger partial charge in [0, 0.05) is 19.3 Å². The fraction of sp³-hybridized carbons (Fsp3) is 0.684. The molecule has 1 aromatic rings. The van der Waals surface area contributed by atoms with Gasteiger partial charge < -0.3 is 10.1 Å². The van der Waals surface area contributed by atoms with Crippen LogP contribution in [0.5, 0.6) is 0 Å². The fourth-order valence-electron chi connectivity index (χ4n) is 2.52. The molecule has 0 saturated carbocycles. The summed E-state index contributed by atoms with van der Waals surface area (Å²) in [6.45, 7) is 11.6. The van der Waals surface area contributed by atoms with Crippen molar-refractivity contribution in [1.82, 2.24) is 5.32 Å². The predicted octanol–water partition coefficient (Wildman–Crippen LogP) is 4.54. The molecule has 0 aliphatic carbocycles. The molecular weight excluding hydrogens is 258 g/mol. The lowest BCUT2D eigenvalue weighted by atomic mass is 9.97. The molecular formula is C19H33NO. The van der Waals surface area contributed by atoms with Crippen molar-refractivity contribution >= 4 is 0 Å². The zero-order valence-corrected chi connectivity index (χ0v) is 14.3. The van der Waals surface area contributed by atoms with Crippen LogP contribution in [0.4, 0.5) is 0 Å². The first-order chi connectivity index (χ1) is 10.2. The van der Waals surface area contributed by atoms with E-state index in [1.54, 1.807) is 0 Å². The number of rotatable bonds is 11. The SMILES string of the molecule is CCCNC(CCCOCC)Cc1ccc(C(C)C)cc1. The second-order valence-corrected chi connectivity index (χ2v) is 6.09. The van der Waals surface area contributed by atoms with E-state index in [1.807, 2.05) is 0 Å². The number of benzene rings is 1. The van der Waals surface area contributed by atoms with E-state index in [9.17, 15) is 0 Å². The average Bonchev–Trinajstić information content (AvgIpc) is 2.49. The molecule has 0 radical (unpaired) electrons. The van der Waals surface area contributed by atoms with Gasteiger partial charge in [-0.1, -0.05) is 45.0 Å². The second kappa shape index (κ2) is 10.8. The molecule has 21 heavy (non-hydrogen) atoms. The van der Waals surface area contributed by atoms with Gasteiger partial charge in [0.2, 0.25) is 0 Å². The topological polar surface area (TPSA) is 21.3 Å². The number of nitrogens with one attached hydrogen (secondary N) is 1. The quantitative estimate of drug-likeness (QED) is 0.604. The van der Waals surface area contributed by atoms with Crippen molar-refractivity contribution in [2.24, 2.45) is 0 Å². The van der Waals surface area contributed by atoms with Gasteiger partial charge in [-0.15, -0.1) is 0 Å². The minimum Gasteiger partial charge on any atom is -0.382 e. The molecule has 0 heterocycles. The Morgan fingerprint density at radius 1 is 1.10 bits per heavy atom. The smallest absolute Gasteiger partial charge is 0.0466 e. The molecule has 0 amide bonds. The summed E-state index contributed by atoms with van der Waals surface area (Å²) in [6, 6.07) is 9.70. The highest BCUT2D eigenvalue weighted by atomic mass is 16.5. The predicted molar refractivity (Wildman–Crippen MR) is 92.0 cm³/mol. The molecule has 0 bridgehead atoms. The van der Waals surface area contributed by atoms with Crippen LogP contribution in [-0.4, -0.2) is 25.8 Å². The summed E-state index contributed by atoms with van der Waals surface area (Å²) in [7, 11) is 0. The van der Waals surface area contributed by atoms with E-state index in [1.165, 1.54) is 24.0 Å². The first-order valence-electron chi connectivity index (χ1n) is 8.57. The maximum Gasteiger partial charge on any atom is 0.0466 e.